The molecule has 3 amide bonds. The van der Waals surface area contributed by atoms with Crippen molar-refractivity contribution < 1.29 is 14.0 Å². The lowest BCUT2D eigenvalue weighted by Gasteiger charge is -2.22. The first kappa shape index (κ1) is 13.6. The third-order valence-corrected chi connectivity index (χ3v) is 3.01. The zero-order valence-corrected chi connectivity index (χ0v) is 10.8. The van der Waals surface area contributed by atoms with Crippen molar-refractivity contribution in [2.24, 2.45) is 0 Å². The Labute approximate surface area is 114 Å². The number of piperidine rings is 1. The molecule has 0 spiro atoms. The van der Waals surface area contributed by atoms with Crippen LogP contribution in [0.3, 0.4) is 0 Å². The Hall–Kier alpha value is -1.82. The van der Waals surface area contributed by atoms with E-state index in [-0.39, 0.29) is 16.6 Å². The number of benzene rings is 1. The molecule has 0 radical (unpaired) electrons. The minimum Gasteiger partial charge on any atom is -0.354 e. The van der Waals surface area contributed by atoms with Crippen LogP contribution in [0.2, 0.25) is 5.02 Å². The molecule has 0 saturated carbocycles. The van der Waals surface area contributed by atoms with Crippen molar-refractivity contribution in [1.82, 2.24) is 10.6 Å². The van der Waals surface area contributed by atoms with Crippen molar-refractivity contribution in [2.75, 3.05) is 11.9 Å². The summed E-state index contributed by atoms with van der Waals surface area (Å²) < 4.78 is 13.5. The van der Waals surface area contributed by atoms with Gasteiger partial charge in [0, 0.05) is 11.6 Å². The first-order valence-electron chi connectivity index (χ1n) is 5.86. The fraction of sp³-hybridized carbons (Fsp3) is 0.333. The van der Waals surface area contributed by atoms with Crippen LogP contribution >= 0.6 is 11.6 Å². The molecule has 1 aromatic carbocycles. The molecule has 1 heterocycles. The lowest BCUT2D eigenvalue weighted by molar-refractivity contribution is -0.124. The van der Waals surface area contributed by atoms with Gasteiger partial charge in [0.25, 0.3) is 0 Å². The van der Waals surface area contributed by atoms with E-state index in [2.05, 4.69) is 16.0 Å². The Bertz CT molecular complexity index is 510. The predicted octanol–water partition coefficient (Wildman–Crippen LogP) is 1.88. The van der Waals surface area contributed by atoms with Crippen molar-refractivity contribution in [3.8, 4) is 0 Å². The summed E-state index contributed by atoms with van der Waals surface area (Å²) >= 11 is 5.61. The number of hydrogen-bond donors (Lipinski definition) is 3. The van der Waals surface area contributed by atoms with Crippen LogP contribution in [0.5, 0.6) is 0 Å². The lowest BCUT2D eigenvalue weighted by atomic mass is 10.1. The van der Waals surface area contributed by atoms with E-state index >= 15 is 0 Å². The highest BCUT2D eigenvalue weighted by atomic mass is 35.5. The van der Waals surface area contributed by atoms with Crippen LogP contribution in [0.4, 0.5) is 14.9 Å². The summed E-state index contributed by atoms with van der Waals surface area (Å²) in [7, 11) is 0. The molecule has 1 saturated heterocycles. The van der Waals surface area contributed by atoms with Crippen molar-refractivity contribution in [3.63, 3.8) is 0 Å². The van der Waals surface area contributed by atoms with E-state index in [0.29, 0.717) is 13.0 Å². The minimum atomic E-state index is -0.629. The van der Waals surface area contributed by atoms with Crippen LogP contribution in [0, 0.1) is 5.82 Å². The highest BCUT2D eigenvalue weighted by molar-refractivity contribution is 6.30. The maximum absolute atomic E-state index is 13.5. The molecule has 1 aliphatic heterocycles. The van der Waals surface area contributed by atoms with E-state index in [4.69, 9.17) is 11.6 Å². The molecule has 2 rings (SSSR count). The number of urea groups is 1. The summed E-state index contributed by atoms with van der Waals surface area (Å²) in [5.74, 6) is -0.853. The number of amides is 3. The fourth-order valence-electron chi connectivity index (χ4n) is 1.82. The van der Waals surface area contributed by atoms with Gasteiger partial charge in [-0.15, -0.1) is 0 Å². The summed E-state index contributed by atoms with van der Waals surface area (Å²) in [6, 6.07) is 2.73. The molecule has 1 aromatic rings. The summed E-state index contributed by atoms with van der Waals surface area (Å²) in [5.41, 5.74) is 0.0121. The second kappa shape index (κ2) is 5.88. The van der Waals surface area contributed by atoms with Crippen LogP contribution in [0.15, 0.2) is 18.2 Å². The van der Waals surface area contributed by atoms with E-state index < -0.39 is 17.9 Å². The standard InChI is InChI=1S/C12H13ClFN3O2/c13-7-3-4-9(8(14)6-7)16-12(19)17-10-2-1-5-15-11(10)18/h3-4,6,10H,1-2,5H2,(H,15,18)(H2,16,17,19). The van der Waals surface area contributed by atoms with E-state index in [1.54, 1.807) is 0 Å². The molecule has 0 aliphatic carbocycles. The maximum atomic E-state index is 13.5. The molecule has 3 N–H and O–H groups in total. The quantitative estimate of drug-likeness (QED) is 0.776. The van der Waals surface area contributed by atoms with Crippen molar-refractivity contribution in [3.05, 3.63) is 29.0 Å². The second-order valence-electron chi connectivity index (χ2n) is 4.21. The van der Waals surface area contributed by atoms with Gasteiger partial charge in [0.05, 0.1) is 5.69 Å². The van der Waals surface area contributed by atoms with E-state index in [9.17, 15) is 14.0 Å². The highest BCUT2D eigenvalue weighted by Gasteiger charge is 2.23. The van der Waals surface area contributed by atoms with E-state index in [1.807, 2.05) is 0 Å². The fourth-order valence-corrected chi connectivity index (χ4v) is 1.98. The molecule has 7 heteroatoms. The monoisotopic (exact) mass is 285 g/mol. The number of nitrogens with one attached hydrogen (secondary N) is 3. The molecular weight excluding hydrogens is 273 g/mol. The smallest absolute Gasteiger partial charge is 0.319 e. The Morgan fingerprint density at radius 3 is 2.95 bits per heavy atom. The molecule has 102 valence electrons. The Morgan fingerprint density at radius 1 is 1.47 bits per heavy atom. The summed E-state index contributed by atoms with van der Waals surface area (Å²) in [4.78, 5) is 23.1. The highest BCUT2D eigenvalue weighted by Crippen LogP contribution is 2.18. The lowest BCUT2D eigenvalue weighted by Crippen LogP contribution is -2.51. The number of rotatable bonds is 2. The van der Waals surface area contributed by atoms with Crippen LogP contribution in [0.1, 0.15) is 12.8 Å². The molecule has 0 bridgehead atoms. The van der Waals surface area contributed by atoms with Gasteiger partial charge in [0.2, 0.25) is 5.91 Å². The van der Waals surface area contributed by atoms with Crippen molar-refractivity contribution >= 4 is 29.2 Å². The average Bonchev–Trinajstić information content (AvgIpc) is 2.36. The van der Waals surface area contributed by atoms with Gasteiger partial charge in [-0.3, -0.25) is 4.79 Å². The van der Waals surface area contributed by atoms with Gasteiger partial charge >= 0.3 is 6.03 Å². The van der Waals surface area contributed by atoms with Gasteiger partial charge in [0.15, 0.2) is 0 Å². The number of halogens is 2. The summed E-state index contributed by atoms with van der Waals surface area (Å²) in [6.07, 6.45) is 1.37. The molecule has 1 atom stereocenters. The van der Waals surface area contributed by atoms with Crippen LogP contribution < -0.4 is 16.0 Å². The Kier molecular flexibility index (Phi) is 4.21. The largest absolute Gasteiger partial charge is 0.354 e. The second-order valence-corrected chi connectivity index (χ2v) is 4.64. The van der Waals surface area contributed by atoms with Crippen molar-refractivity contribution in [1.29, 1.82) is 0 Å². The first-order valence-corrected chi connectivity index (χ1v) is 6.24. The van der Waals surface area contributed by atoms with Crippen LogP contribution in [-0.4, -0.2) is 24.5 Å². The molecule has 1 fully saturated rings. The molecule has 1 aliphatic rings. The third-order valence-electron chi connectivity index (χ3n) is 2.77. The average molecular weight is 286 g/mol. The number of carbonyl (C=O) groups is 2. The first-order chi connectivity index (χ1) is 9.06. The predicted molar refractivity (Wildman–Crippen MR) is 69.6 cm³/mol. The molecule has 0 aromatic heterocycles. The van der Waals surface area contributed by atoms with Gasteiger partial charge in [-0.2, -0.15) is 0 Å². The summed E-state index contributed by atoms with van der Waals surface area (Å²) in [5, 5.41) is 7.73. The SMILES string of the molecule is O=C(Nc1ccc(Cl)cc1F)NC1CCCNC1=O. The zero-order chi connectivity index (χ0) is 13.8. The normalized spacial score (nSPS) is 18.6. The van der Waals surface area contributed by atoms with Gasteiger partial charge in [0.1, 0.15) is 11.9 Å². The van der Waals surface area contributed by atoms with Crippen LogP contribution in [0.25, 0.3) is 0 Å². The van der Waals surface area contributed by atoms with Gasteiger partial charge in [-0.1, -0.05) is 11.6 Å². The number of carbonyl (C=O) groups excluding carboxylic acids is 2. The molecule has 1 unspecified atom stereocenters. The van der Waals surface area contributed by atoms with E-state index in [1.165, 1.54) is 12.1 Å². The molecule has 5 nitrogen and oxygen atoms in total. The Morgan fingerprint density at radius 2 is 2.26 bits per heavy atom. The number of anilines is 1. The van der Waals surface area contributed by atoms with E-state index in [0.717, 1.165) is 12.5 Å². The van der Waals surface area contributed by atoms with Crippen molar-refractivity contribution in [2.45, 2.75) is 18.9 Å². The minimum absolute atomic E-state index is 0.0121. The third kappa shape index (κ3) is 3.57. The zero-order valence-electron chi connectivity index (χ0n) is 10.0. The summed E-state index contributed by atoms with van der Waals surface area (Å²) in [6.45, 7) is 0.616. The number of hydrogen-bond acceptors (Lipinski definition) is 2. The van der Waals surface area contributed by atoms with Gasteiger partial charge in [-0.25, -0.2) is 9.18 Å². The van der Waals surface area contributed by atoms with Gasteiger partial charge < -0.3 is 16.0 Å². The van der Waals surface area contributed by atoms with Crippen LogP contribution in [-0.2, 0) is 4.79 Å². The topological polar surface area (TPSA) is 70.2 Å². The Balaban J connectivity index is 1.95. The van der Waals surface area contributed by atoms with Gasteiger partial charge in [-0.05, 0) is 31.0 Å². The molecule has 19 heavy (non-hydrogen) atoms. The maximum Gasteiger partial charge on any atom is 0.319 e. The molecular formula is C12H13ClFN3O2.